The van der Waals surface area contributed by atoms with Crippen LogP contribution in [0.4, 0.5) is 5.69 Å². The molecule has 19 heavy (non-hydrogen) atoms. The maximum absolute atomic E-state index is 11.9. The van der Waals surface area contributed by atoms with E-state index in [0.29, 0.717) is 13.1 Å². The summed E-state index contributed by atoms with van der Waals surface area (Å²) >= 11 is 1.66. The highest BCUT2D eigenvalue weighted by Gasteiger charge is 2.09. The van der Waals surface area contributed by atoms with Crippen LogP contribution >= 0.6 is 11.3 Å². The van der Waals surface area contributed by atoms with Gasteiger partial charge in [0.1, 0.15) is 0 Å². The van der Waals surface area contributed by atoms with Gasteiger partial charge in [-0.25, -0.2) is 0 Å². The molecule has 100 valence electrons. The van der Waals surface area contributed by atoms with Crippen molar-refractivity contribution in [2.75, 3.05) is 18.0 Å². The maximum Gasteiger partial charge on any atom is 0.239 e. The Balaban J connectivity index is 1.86. The largest absolute Gasteiger partial charge is 0.363 e. The van der Waals surface area contributed by atoms with Gasteiger partial charge in [-0.3, -0.25) is 4.79 Å². The molecule has 1 heterocycles. The highest BCUT2D eigenvalue weighted by atomic mass is 32.1. The van der Waals surface area contributed by atoms with E-state index < -0.39 is 0 Å². The number of rotatable bonds is 6. The average molecular weight is 274 g/mol. The van der Waals surface area contributed by atoms with E-state index in [1.165, 1.54) is 4.88 Å². The van der Waals surface area contributed by atoms with E-state index >= 15 is 0 Å². The van der Waals surface area contributed by atoms with E-state index in [-0.39, 0.29) is 5.91 Å². The number of nitrogens with zero attached hydrogens (tertiary/aromatic N) is 1. The van der Waals surface area contributed by atoms with Crippen LogP contribution in [0, 0.1) is 0 Å². The second kappa shape index (κ2) is 6.95. The van der Waals surface area contributed by atoms with Gasteiger partial charge in [0.15, 0.2) is 0 Å². The summed E-state index contributed by atoms with van der Waals surface area (Å²) in [6.07, 6.45) is 0. The van der Waals surface area contributed by atoms with Crippen LogP contribution in [0.2, 0.25) is 0 Å². The Labute approximate surface area is 117 Å². The van der Waals surface area contributed by atoms with Gasteiger partial charge in [0.2, 0.25) is 5.91 Å². The minimum absolute atomic E-state index is 0.0547. The summed E-state index contributed by atoms with van der Waals surface area (Å²) < 4.78 is 0. The summed E-state index contributed by atoms with van der Waals surface area (Å²) in [6, 6.07) is 14.0. The number of amides is 1. The van der Waals surface area contributed by atoms with Crippen LogP contribution in [0.25, 0.3) is 0 Å². The molecule has 1 amide bonds. The lowest BCUT2D eigenvalue weighted by atomic mass is 10.3. The van der Waals surface area contributed by atoms with Gasteiger partial charge in [0, 0.05) is 17.1 Å². The molecule has 1 N–H and O–H groups in total. The molecule has 0 spiro atoms. The molecule has 2 rings (SSSR count). The summed E-state index contributed by atoms with van der Waals surface area (Å²) in [6.45, 7) is 3.88. The molecule has 0 fully saturated rings. The third-order valence-corrected chi connectivity index (χ3v) is 3.75. The van der Waals surface area contributed by atoms with Crippen molar-refractivity contribution in [1.29, 1.82) is 0 Å². The number of carbonyl (C=O) groups excluding carboxylic acids is 1. The molecule has 1 aromatic carbocycles. The monoisotopic (exact) mass is 274 g/mol. The summed E-state index contributed by atoms with van der Waals surface area (Å²) in [5.74, 6) is 0.0547. The normalized spacial score (nSPS) is 10.2. The molecule has 0 bridgehead atoms. The van der Waals surface area contributed by atoms with Crippen molar-refractivity contribution >= 4 is 22.9 Å². The molecular weight excluding hydrogens is 256 g/mol. The summed E-state index contributed by atoms with van der Waals surface area (Å²) in [4.78, 5) is 15.2. The summed E-state index contributed by atoms with van der Waals surface area (Å²) in [5.41, 5.74) is 1.08. The van der Waals surface area contributed by atoms with Gasteiger partial charge < -0.3 is 10.2 Å². The molecule has 0 atom stereocenters. The van der Waals surface area contributed by atoms with E-state index in [2.05, 4.69) is 17.1 Å². The first-order valence-electron chi connectivity index (χ1n) is 6.38. The molecule has 0 unspecified atom stereocenters. The van der Waals surface area contributed by atoms with E-state index in [0.717, 1.165) is 12.2 Å². The van der Waals surface area contributed by atoms with Gasteiger partial charge in [0.25, 0.3) is 0 Å². The zero-order chi connectivity index (χ0) is 13.5. The predicted molar refractivity (Wildman–Crippen MR) is 80.5 cm³/mol. The van der Waals surface area contributed by atoms with Gasteiger partial charge >= 0.3 is 0 Å². The van der Waals surface area contributed by atoms with Crippen molar-refractivity contribution in [2.24, 2.45) is 0 Å². The van der Waals surface area contributed by atoms with Gasteiger partial charge in [-0.1, -0.05) is 24.3 Å². The maximum atomic E-state index is 11.9. The first-order chi connectivity index (χ1) is 9.29. The van der Waals surface area contributed by atoms with Crippen molar-refractivity contribution in [2.45, 2.75) is 13.5 Å². The number of carbonyl (C=O) groups is 1. The molecule has 0 aliphatic heterocycles. The highest BCUT2D eigenvalue weighted by Crippen LogP contribution is 2.12. The Morgan fingerprint density at radius 1 is 1.21 bits per heavy atom. The van der Waals surface area contributed by atoms with Crippen LogP contribution in [-0.4, -0.2) is 19.0 Å². The number of hydrogen-bond donors (Lipinski definition) is 1. The van der Waals surface area contributed by atoms with E-state index in [1.54, 1.807) is 11.3 Å². The number of para-hydroxylation sites is 1. The lowest BCUT2D eigenvalue weighted by Crippen LogP contribution is -2.36. The Bertz CT molecular complexity index is 496. The van der Waals surface area contributed by atoms with Crippen molar-refractivity contribution < 1.29 is 4.79 Å². The molecule has 0 saturated heterocycles. The van der Waals surface area contributed by atoms with Crippen LogP contribution in [-0.2, 0) is 11.3 Å². The van der Waals surface area contributed by atoms with Gasteiger partial charge in [-0.2, -0.15) is 0 Å². The number of benzene rings is 1. The third kappa shape index (κ3) is 4.10. The number of anilines is 1. The van der Waals surface area contributed by atoms with Gasteiger partial charge in [-0.05, 0) is 30.5 Å². The molecule has 0 saturated carbocycles. The average Bonchev–Trinajstić information content (AvgIpc) is 2.97. The Morgan fingerprint density at radius 2 is 2.00 bits per heavy atom. The fourth-order valence-corrected chi connectivity index (χ4v) is 2.50. The predicted octanol–water partition coefficient (Wildman–Crippen LogP) is 2.89. The lowest BCUT2D eigenvalue weighted by Gasteiger charge is -2.22. The minimum atomic E-state index is 0.0547. The molecule has 2 aromatic rings. The van der Waals surface area contributed by atoms with Crippen LogP contribution in [0.15, 0.2) is 47.8 Å². The Kier molecular flexibility index (Phi) is 4.98. The minimum Gasteiger partial charge on any atom is -0.363 e. The molecule has 4 heteroatoms. The second-order valence-corrected chi connectivity index (χ2v) is 5.24. The van der Waals surface area contributed by atoms with E-state index in [9.17, 15) is 4.79 Å². The van der Waals surface area contributed by atoms with Gasteiger partial charge in [0.05, 0.1) is 13.1 Å². The Hall–Kier alpha value is -1.81. The van der Waals surface area contributed by atoms with Crippen LogP contribution < -0.4 is 10.2 Å². The molecule has 0 aliphatic rings. The van der Waals surface area contributed by atoms with E-state index in [4.69, 9.17) is 0 Å². The smallest absolute Gasteiger partial charge is 0.239 e. The van der Waals surface area contributed by atoms with Crippen molar-refractivity contribution in [3.8, 4) is 0 Å². The fourth-order valence-electron chi connectivity index (χ4n) is 1.85. The summed E-state index contributed by atoms with van der Waals surface area (Å²) in [5, 5.41) is 4.97. The molecule has 1 aromatic heterocycles. The quantitative estimate of drug-likeness (QED) is 0.878. The van der Waals surface area contributed by atoms with Crippen LogP contribution in [0.3, 0.4) is 0 Å². The molecule has 0 aliphatic carbocycles. The first kappa shape index (κ1) is 13.6. The molecule has 0 radical (unpaired) electrons. The number of likely N-dealkylation sites (N-methyl/N-ethyl adjacent to an activating group) is 1. The lowest BCUT2D eigenvalue weighted by molar-refractivity contribution is -0.119. The number of thiophene rings is 1. The zero-order valence-electron chi connectivity index (χ0n) is 11.0. The first-order valence-corrected chi connectivity index (χ1v) is 7.26. The molecule has 3 nitrogen and oxygen atoms in total. The van der Waals surface area contributed by atoms with Crippen molar-refractivity contribution in [1.82, 2.24) is 5.32 Å². The molecular formula is C15H18N2OS. The van der Waals surface area contributed by atoms with Gasteiger partial charge in [-0.15, -0.1) is 11.3 Å². The number of hydrogen-bond acceptors (Lipinski definition) is 3. The summed E-state index contributed by atoms with van der Waals surface area (Å²) in [7, 11) is 0. The second-order valence-electron chi connectivity index (χ2n) is 4.21. The zero-order valence-corrected chi connectivity index (χ0v) is 11.8. The standard InChI is InChI=1S/C15H18N2OS/c1-2-17(13-7-4-3-5-8-13)12-15(18)16-11-14-9-6-10-19-14/h3-10H,2,11-12H2,1H3,(H,16,18). The number of nitrogens with one attached hydrogen (secondary N) is 1. The van der Waals surface area contributed by atoms with E-state index in [1.807, 2.05) is 47.8 Å². The van der Waals surface area contributed by atoms with Crippen LogP contribution in [0.5, 0.6) is 0 Å². The fraction of sp³-hybridized carbons (Fsp3) is 0.267. The van der Waals surface area contributed by atoms with Crippen molar-refractivity contribution in [3.63, 3.8) is 0 Å². The third-order valence-electron chi connectivity index (χ3n) is 2.88. The highest BCUT2D eigenvalue weighted by molar-refractivity contribution is 7.09. The SMILES string of the molecule is CCN(CC(=O)NCc1cccs1)c1ccccc1. The topological polar surface area (TPSA) is 32.3 Å². The van der Waals surface area contributed by atoms with Crippen LogP contribution in [0.1, 0.15) is 11.8 Å². The Morgan fingerprint density at radius 3 is 2.63 bits per heavy atom. The van der Waals surface area contributed by atoms with Crippen molar-refractivity contribution in [3.05, 3.63) is 52.7 Å².